The number of rotatable bonds is 7. The van der Waals surface area contributed by atoms with Crippen LogP contribution in [0.3, 0.4) is 0 Å². The van der Waals surface area contributed by atoms with E-state index in [1.807, 2.05) is 0 Å². The van der Waals surface area contributed by atoms with Gasteiger partial charge in [-0.15, -0.1) is 6.42 Å². The van der Waals surface area contributed by atoms with E-state index in [1.165, 1.54) is 31.4 Å². The summed E-state index contributed by atoms with van der Waals surface area (Å²) < 4.78 is 45.5. The minimum atomic E-state index is -0.836. The Morgan fingerprint density at radius 2 is 1.90 bits per heavy atom. The Morgan fingerprint density at radius 3 is 2.62 bits per heavy atom. The molecule has 3 aromatic carbocycles. The lowest BCUT2D eigenvalue weighted by Crippen LogP contribution is -2.62. The third-order valence-corrected chi connectivity index (χ3v) is 11.6. The number of piperazine rings is 1. The van der Waals surface area contributed by atoms with Crippen molar-refractivity contribution in [2.24, 2.45) is 5.41 Å². The number of fused-ring (bicyclic) bond motifs is 4. The van der Waals surface area contributed by atoms with Gasteiger partial charge in [-0.2, -0.15) is 9.97 Å². The van der Waals surface area contributed by atoms with Crippen LogP contribution in [0, 0.1) is 29.4 Å². The first-order chi connectivity index (χ1) is 23.3. The highest BCUT2D eigenvalue weighted by molar-refractivity contribution is 6.04. The van der Waals surface area contributed by atoms with Crippen LogP contribution >= 0.6 is 0 Å². The molecule has 2 atom stereocenters. The Labute approximate surface area is 278 Å². The molecule has 10 heteroatoms. The zero-order valence-corrected chi connectivity index (χ0v) is 26.9. The molecule has 248 valence electrons. The van der Waals surface area contributed by atoms with Gasteiger partial charge in [0, 0.05) is 71.1 Å². The molecule has 9 rings (SSSR count). The molecule has 5 fully saturated rings. The van der Waals surface area contributed by atoms with Crippen LogP contribution in [0.25, 0.3) is 32.8 Å². The number of ether oxygens (including phenoxy) is 2. The molecule has 8 nitrogen and oxygen atoms in total. The number of anilines is 1. The first-order valence-electron chi connectivity index (χ1n) is 17.2. The number of terminal acetylenes is 1. The van der Waals surface area contributed by atoms with Gasteiger partial charge in [0.15, 0.2) is 5.82 Å². The molecule has 4 aromatic rings. The summed E-state index contributed by atoms with van der Waals surface area (Å²) in [5.74, 6) is 1.39. The van der Waals surface area contributed by atoms with Gasteiger partial charge < -0.3 is 24.8 Å². The monoisotopic (exact) mass is 651 g/mol. The summed E-state index contributed by atoms with van der Waals surface area (Å²) in [4.78, 5) is 14.2. The molecule has 1 aromatic heterocycles. The summed E-state index contributed by atoms with van der Waals surface area (Å²) in [5.41, 5.74) is 0.485. The predicted molar refractivity (Wildman–Crippen MR) is 180 cm³/mol. The summed E-state index contributed by atoms with van der Waals surface area (Å²) in [6.45, 7) is 5.19. The number of benzene rings is 3. The van der Waals surface area contributed by atoms with Crippen LogP contribution in [0.1, 0.15) is 50.5 Å². The van der Waals surface area contributed by atoms with Gasteiger partial charge in [0.1, 0.15) is 22.9 Å². The molecular weight excluding hydrogens is 612 g/mol. The third kappa shape index (κ3) is 4.97. The van der Waals surface area contributed by atoms with E-state index in [9.17, 15) is 5.11 Å². The SMILES string of the molecule is C#Cc1cccc2cc(O)cc(-c3c(F)cc4c(N5CC6CCC(C5)N6)nc(OCC5(CN6CCOCC67CCC7)CC5)nc4c3F)c12. The molecule has 2 N–H and O–H groups in total. The van der Waals surface area contributed by atoms with E-state index in [0.717, 1.165) is 52.0 Å². The maximum absolute atomic E-state index is 17.0. The number of aromatic hydroxyl groups is 1. The highest BCUT2D eigenvalue weighted by atomic mass is 19.1. The third-order valence-electron chi connectivity index (χ3n) is 11.6. The number of hydrogen-bond acceptors (Lipinski definition) is 8. The number of nitrogens with zero attached hydrogens (tertiary/aromatic N) is 4. The Kier molecular flexibility index (Phi) is 7.05. The fourth-order valence-corrected chi connectivity index (χ4v) is 8.62. The van der Waals surface area contributed by atoms with Gasteiger partial charge in [-0.3, -0.25) is 4.90 Å². The zero-order chi connectivity index (χ0) is 32.6. The van der Waals surface area contributed by atoms with Crippen molar-refractivity contribution in [3.05, 3.63) is 53.6 Å². The minimum Gasteiger partial charge on any atom is -0.508 e. The number of aromatic nitrogens is 2. The van der Waals surface area contributed by atoms with Crippen LogP contribution in [0.4, 0.5) is 14.6 Å². The molecule has 2 unspecified atom stereocenters. The van der Waals surface area contributed by atoms with Crippen molar-refractivity contribution in [1.29, 1.82) is 0 Å². The number of phenolic OH excluding ortho intramolecular Hbond substituents is 1. The van der Waals surface area contributed by atoms with E-state index in [4.69, 9.17) is 20.9 Å². The van der Waals surface area contributed by atoms with Crippen molar-refractivity contribution >= 4 is 27.5 Å². The second kappa shape index (κ2) is 11.3. The van der Waals surface area contributed by atoms with Crippen molar-refractivity contribution in [3.8, 4) is 35.2 Å². The quantitative estimate of drug-likeness (QED) is 0.244. The Balaban J connectivity index is 1.13. The molecule has 0 radical (unpaired) electrons. The fourth-order valence-electron chi connectivity index (χ4n) is 8.62. The van der Waals surface area contributed by atoms with Crippen LogP contribution in [0.5, 0.6) is 11.8 Å². The number of morpholine rings is 1. The van der Waals surface area contributed by atoms with E-state index in [0.29, 0.717) is 47.2 Å². The molecule has 3 saturated heterocycles. The first-order valence-corrected chi connectivity index (χ1v) is 17.2. The number of phenols is 1. The van der Waals surface area contributed by atoms with Crippen molar-refractivity contribution < 1.29 is 23.4 Å². The van der Waals surface area contributed by atoms with Crippen molar-refractivity contribution in [3.63, 3.8) is 0 Å². The van der Waals surface area contributed by atoms with Crippen molar-refractivity contribution in [1.82, 2.24) is 20.2 Å². The minimum absolute atomic E-state index is 0.00876. The number of hydrogen-bond donors (Lipinski definition) is 2. The number of halogens is 2. The van der Waals surface area contributed by atoms with E-state index < -0.39 is 11.6 Å². The maximum atomic E-state index is 17.0. The summed E-state index contributed by atoms with van der Waals surface area (Å²) in [6.07, 6.45) is 13.6. The van der Waals surface area contributed by atoms with Gasteiger partial charge in [-0.25, -0.2) is 8.78 Å². The van der Waals surface area contributed by atoms with Crippen molar-refractivity contribution in [2.45, 2.75) is 62.6 Å². The maximum Gasteiger partial charge on any atom is 0.319 e. The lowest BCUT2D eigenvalue weighted by molar-refractivity contribution is -0.115. The molecule has 2 saturated carbocycles. The van der Waals surface area contributed by atoms with Crippen LogP contribution in [-0.4, -0.2) is 83.6 Å². The van der Waals surface area contributed by atoms with Gasteiger partial charge in [-0.05, 0) is 74.6 Å². The van der Waals surface area contributed by atoms with Crippen LogP contribution < -0.4 is 15.0 Å². The molecule has 48 heavy (non-hydrogen) atoms. The van der Waals surface area contributed by atoms with Crippen molar-refractivity contribution in [2.75, 3.05) is 50.9 Å². The summed E-state index contributed by atoms with van der Waals surface area (Å²) in [5, 5.41) is 15.6. The van der Waals surface area contributed by atoms with E-state index in [2.05, 4.69) is 26.0 Å². The Hall–Kier alpha value is -4.04. The molecule has 1 spiro atoms. The molecule has 5 aliphatic rings. The smallest absolute Gasteiger partial charge is 0.319 e. The lowest BCUT2D eigenvalue weighted by Gasteiger charge is -2.53. The lowest BCUT2D eigenvalue weighted by atomic mass is 9.74. The number of nitrogens with one attached hydrogen (secondary N) is 1. The normalized spacial score (nSPS) is 24.1. The molecular formula is C38H39F2N5O3. The van der Waals surface area contributed by atoms with Gasteiger partial charge in [0.25, 0.3) is 0 Å². The van der Waals surface area contributed by atoms with Crippen LogP contribution in [0.2, 0.25) is 0 Å². The Morgan fingerprint density at radius 1 is 1.08 bits per heavy atom. The van der Waals surface area contributed by atoms with Crippen LogP contribution in [0.15, 0.2) is 36.4 Å². The van der Waals surface area contributed by atoms with Crippen LogP contribution in [-0.2, 0) is 4.74 Å². The largest absolute Gasteiger partial charge is 0.508 e. The van der Waals surface area contributed by atoms with E-state index >= 15 is 8.78 Å². The van der Waals surface area contributed by atoms with Gasteiger partial charge in [0.05, 0.1) is 25.4 Å². The summed E-state index contributed by atoms with van der Waals surface area (Å²) in [7, 11) is 0. The van der Waals surface area contributed by atoms with E-state index in [-0.39, 0.29) is 51.4 Å². The fraction of sp³-hybridized carbons (Fsp3) is 0.474. The van der Waals surface area contributed by atoms with Gasteiger partial charge in [-0.1, -0.05) is 18.1 Å². The zero-order valence-electron chi connectivity index (χ0n) is 26.9. The average molecular weight is 652 g/mol. The molecule has 0 amide bonds. The first kappa shape index (κ1) is 30.1. The molecule has 4 heterocycles. The van der Waals surface area contributed by atoms with Gasteiger partial charge >= 0.3 is 6.01 Å². The topological polar surface area (TPSA) is 83.0 Å². The van der Waals surface area contributed by atoms with Gasteiger partial charge in [0.2, 0.25) is 0 Å². The molecule has 2 bridgehead atoms. The molecule has 3 aliphatic heterocycles. The Bertz CT molecular complexity index is 1980. The summed E-state index contributed by atoms with van der Waals surface area (Å²) in [6, 6.07) is 10.1. The standard InChI is InChI=1S/C38H39F2N5O3/c1-2-23-5-3-6-24-15-27(46)16-28(31(23)24)32-30(39)17-29-34(33(32)40)42-36(43-35(29)44-18-25-7-8-26(19-44)41-25)48-21-37(11-12-37)20-45-13-14-47-22-38(45)9-4-10-38/h1,3,5-6,15-17,25-26,41,46H,4,7-14,18-22H2. The predicted octanol–water partition coefficient (Wildman–Crippen LogP) is 5.77. The van der Waals surface area contributed by atoms with E-state index in [1.54, 1.807) is 24.3 Å². The second-order valence-corrected chi connectivity index (χ2v) is 14.7. The molecule has 2 aliphatic carbocycles. The highest BCUT2D eigenvalue weighted by Gasteiger charge is 2.52. The second-order valence-electron chi connectivity index (χ2n) is 14.7. The summed E-state index contributed by atoms with van der Waals surface area (Å²) >= 11 is 0. The highest BCUT2D eigenvalue weighted by Crippen LogP contribution is 2.50. The average Bonchev–Trinajstić information content (AvgIpc) is 3.76.